The fourth-order valence-corrected chi connectivity index (χ4v) is 4.29. The molecule has 3 aromatic carbocycles. The van der Waals surface area contributed by atoms with Crippen LogP contribution in [0.25, 0.3) is 0 Å². The van der Waals surface area contributed by atoms with Crippen LogP contribution in [0.5, 0.6) is 0 Å². The van der Waals surface area contributed by atoms with E-state index in [0.29, 0.717) is 5.69 Å². The van der Waals surface area contributed by atoms with Crippen LogP contribution in [0, 0.1) is 6.92 Å². The van der Waals surface area contributed by atoms with Gasteiger partial charge in [0.05, 0.1) is 4.90 Å². The fraction of sp³-hybridized carbons (Fsp3) is 0.0909. The number of nitrogens with one attached hydrogen (secondary N) is 1. The minimum atomic E-state index is -4.25. The number of hydrogen-bond donors (Lipinski definition) is 1. The Bertz CT molecular complexity index is 1080. The summed E-state index contributed by atoms with van der Waals surface area (Å²) in [6.45, 7) is 1.82. The second-order valence-electron chi connectivity index (χ2n) is 6.32. The third-order valence-electron chi connectivity index (χ3n) is 4.24. The summed E-state index contributed by atoms with van der Waals surface area (Å²) in [5, 5.41) is 0.650. The number of sulfone groups is 1. The van der Waals surface area contributed by atoms with Crippen molar-refractivity contribution in [1.82, 2.24) is 0 Å². The number of carbonyl (C=O) groups is 2. The second kappa shape index (κ2) is 8.19. The van der Waals surface area contributed by atoms with E-state index in [1.54, 1.807) is 60.7 Å². The highest BCUT2D eigenvalue weighted by Gasteiger charge is 2.40. The zero-order valence-electron chi connectivity index (χ0n) is 15.2. The van der Waals surface area contributed by atoms with Gasteiger partial charge in [-0.25, -0.2) is 8.42 Å². The number of Topliss-reactive ketones (excluding diaryl/α,β-unsaturated/α-hetero) is 1. The lowest BCUT2D eigenvalue weighted by Gasteiger charge is -2.17. The van der Waals surface area contributed by atoms with E-state index in [4.69, 9.17) is 0 Å². The molecule has 0 aliphatic rings. The largest absolute Gasteiger partial charge is 0.325 e. The van der Waals surface area contributed by atoms with Gasteiger partial charge in [-0.3, -0.25) is 9.59 Å². The highest BCUT2D eigenvalue weighted by Crippen LogP contribution is 2.22. The number of rotatable bonds is 6. The van der Waals surface area contributed by atoms with E-state index in [-0.39, 0.29) is 10.5 Å². The standard InChI is InChI=1S/C22H19NO4S/c1-16-12-14-19(15-13-16)28(26,27)21(20(24)17-8-4-2-5-9-17)22(25)23-18-10-6-3-7-11-18/h2-15,21H,1H3,(H,23,25). The molecule has 1 atom stereocenters. The highest BCUT2D eigenvalue weighted by atomic mass is 32.2. The zero-order valence-corrected chi connectivity index (χ0v) is 16.0. The summed E-state index contributed by atoms with van der Waals surface area (Å²) >= 11 is 0. The topological polar surface area (TPSA) is 80.3 Å². The molecule has 3 rings (SSSR count). The molecule has 0 spiro atoms. The normalized spacial score (nSPS) is 12.2. The maximum atomic E-state index is 13.2. The number of hydrogen-bond acceptors (Lipinski definition) is 4. The lowest BCUT2D eigenvalue weighted by Crippen LogP contribution is -2.41. The van der Waals surface area contributed by atoms with E-state index in [9.17, 15) is 18.0 Å². The van der Waals surface area contributed by atoms with Crippen LogP contribution in [0.2, 0.25) is 0 Å². The average molecular weight is 393 g/mol. The monoisotopic (exact) mass is 393 g/mol. The van der Waals surface area contributed by atoms with Crippen LogP contribution in [0.3, 0.4) is 0 Å². The smallest absolute Gasteiger partial charge is 0.251 e. The molecule has 142 valence electrons. The molecule has 5 nitrogen and oxygen atoms in total. The van der Waals surface area contributed by atoms with Crippen LogP contribution in [-0.2, 0) is 14.6 Å². The number of aryl methyl sites for hydroxylation is 1. The summed E-state index contributed by atoms with van der Waals surface area (Å²) in [7, 11) is -4.25. The summed E-state index contributed by atoms with van der Waals surface area (Å²) in [5.41, 5.74) is 1.45. The van der Waals surface area contributed by atoms with Crippen LogP contribution in [0.4, 0.5) is 5.69 Å². The Morgan fingerprint density at radius 3 is 1.89 bits per heavy atom. The minimum absolute atomic E-state index is 0.0735. The number of ketones is 1. The van der Waals surface area contributed by atoms with Gasteiger partial charge in [-0.2, -0.15) is 0 Å². The van der Waals surface area contributed by atoms with E-state index >= 15 is 0 Å². The van der Waals surface area contributed by atoms with Crippen LogP contribution < -0.4 is 5.32 Å². The summed E-state index contributed by atoms with van der Waals surface area (Å²) in [6.07, 6.45) is 0. The van der Waals surface area contributed by atoms with Crippen molar-refractivity contribution in [2.45, 2.75) is 17.1 Å². The van der Waals surface area contributed by atoms with E-state index in [1.165, 1.54) is 24.3 Å². The van der Waals surface area contributed by atoms with Crippen molar-refractivity contribution < 1.29 is 18.0 Å². The van der Waals surface area contributed by atoms with Crippen molar-refractivity contribution in [2.24, 2.45) is 0 Å². The molecule has 1 N–H and O–H groups in total. The predicted octanol–water partition coefficient (Wildman–Crippen LogP) is 3.66. The lowest BCUT2D eigenvalue weighted by atomic mass is 10.1. The molecule has 0 saturated carbocycles. The first-order chi connectivity index (χ1) is 13.4. The molecule has 6 heteroatoms. The number of carbonyl (C=O) groups excluding carboxylic acids is 2. The quantitative estimate of drug-likeness (QED) is 0.512. The van der Waals surface area contributed by atoms with Gasteiger partial charge < -0.3 is 5.32 Å². The van der Waals surface area contributed by atoms with Crippen molar-refractivity contribution in [3.05, 3.63) is 96.1 Å². The first-order valence-electron chi connectivity index (χ1n) is 8.65. The van der Waals surface area contributed by atoms with Crippen LogP contribution in [0.15, 0.2) is 89.8 Å². The van der Waals surface area contributed by atoms with Crippen molar-refractivity contribution in [3.8, 4) is 0 Å². The van der Waals surface area contributed by atoms with E-state index < -0.39 is 26.8 Å². The Hall–Kier alpha value is -3.25. The SMILES string of the molecule is Cc1ccc(S(=O)(=O)C(C(=O)Nc2ccccc2)C(=O)c2ccccc2)cc1. The maximum Gasteiger partial charge on any atom is 0.251 e. The Morgan fingerprint density at radius 2 is 1.32 bits per heavy atom. The van der Waals surface area contributed by atoms with Gasteiger partial charge in [0.25, 0.3) is 5.91 Å². The van der Waals surface area contributed by atoms with Crippen molar-refractivity contribution in [3.63, 3.8) is 0 Å². The first kappa shape index (κ1) is 19.5. The molecule has 0 saturated heterocycles. The number of anilines is 1. The van der Waals surface area contributed by atoms with Crippen molar-refractivity contribution >= 4 is 27.2 Å². The Balaban J connectivity index is 2.04. The minimum Gasteiger partial charge on any atom is -0.325 e. The van der Waals surface area contributed by atoms with Gasteiger partial charge >= 0.3 is 0 Å². The van der Waals surface area contributed by atoms with Gasteiger partial charge in [0.2, 0.25) is 5.25 Å². The van der Waals surface area contributed by atoms with E-state index in [0.717, 1.165) is 5.56 Å². The predicted molar refractivity (Wildman–Crippen MR) is 108 cm³/mol. The van der Waals surface area contributed by atoms with E-state index in [2.05, 4.69) is 5.32 Å². The van der Waals surface area contributed by atoms with Gasteiger partial charge in [0.15, 0.2) is 15.6 Å². The Morgan fingerprint density at radius 1 is 0.786 bits per heavy atom. The summed E-state index contributed by atoms with van der Waals surface area (Å²) in [6, 6.07) is 22.5. The molecule has 0 fully saturated rings. The van der Waals surface area contributed by atoms with E-state index in [1.807, 2.05) is 6.92 Å². The summed E-state index contributed by atoms with van der Waals surface area (Å²) in [5.74, 6) is -1.66. The molecular weight excluding hydrogens is 374 g/mol. The number of amides is 1. The number of benzene rings is 3. The lowest BCUT2D eigenvalue weighted by molar-refractivity contribution is -0.115. The summed E-state index contributed by atoms with van der Waals surface area (Å²) < 4.78 is 26.4. The molecule has 0 heterocycles. The molecule has 0 aliphatic heterocycles. The molecular formula is C22H19NO4S. The molecule has 0 aromatic heterocycles. The molecule has 3 aromatic rings. The van der Waals surface area contributed by atoms with Crippen LogP contribution in [0.1, 0.15) is 15.9 Å². The number of para-hydroxylation sites is 1. The Labute approximate surface area is 164 Å². The fourth-order valence-electron chi connectivity index (χ4n) is 2.75. The highest BCUT2D eigenvalue weighted by molar-refractivity contribution is 7.93. The molecule has 1 amide bonds. The van der Waals surface area contributed by atoms with Gasteiger partial charge in [-0.05, 0) is 31.2 Å². The molecule has 0 bridgehead atoms. The van der Waals surface area contributed by atoms with Gasteiger partial charge in [-0.1, -0.05) is 66.2 Å². The molecule has 0 aliphatic carbocycles. The third-order valence-corrected chi connectivity index (χ3v) is 6.21. The third kappa shape index (κ3) is 4.18. The first-order valence-corrected chi connectivity index (χ1v) is 10.2. The zero-order chi connectivity index (χ0) is 20.1. The second-order valence-corrected chi connectivity index (χ2v) is 8.36. The van der Waals surface area contributed by atoms with Crippen LogP contribution in [-0.4, -0.2) is 25.4 Å². The van der Waals surface area contributed by atoms with Crippen molar-refractivity contribution in [1.29, 1.82) is 0 Å². The Kier molecular flexibility index (Phi) is 5.70. The molecule has 1 unspecified atom stereocenters. The van der Waals surface area contributed by atoms with Crippen molar-refractivity contribution in [2.75, 3.05) is 5.32 Å². The van der Waals surface area contributed by atoms with Gasteiger partial charge in [0, 0.05) is 11.3 Å². The van der Waals surface area contributed by atoms with Gasteiger partial charge in [-0.15, -0.1) is 0 Å². The maximum absolute atomic E-state index is 13.2. The van der Waals surface area contributed by atoms with Gasteiger partial charge in [0.1, 0.15) is 0 Å². The molecule has 0 radical (unpaired) electrons. The summed E-state index contributed by atoms with van der Waals surface area (Å²) in [4.78, 5) is 25.9. The van der Waals surface area contributed by atoms with Crippen LogP contribution >= 0.6 is 0 Å². The molecule has 28 heavy (non-hydrogen) atoms. The average Bonchev–Trinajstić information content (AvgIpc) is 2.69.